The van der Waals surface area contributed by atoms with Crippen LogP contribution in [0.1, 0.15) is 22.5 Å². The minimum atomic E-state index is -0.871. The monoisotopic (exact) mass is 417 g/mol. The molecule has 1 aromatic heterocycles. The van der Waals surface area contributed by atoms with E-state index in [1.54, 1.807) is 0 Å². The number of nitrogens with one attached hydrogen (secondary N) is 1. The summed E-state index contributed by atoms with van der Waals surface area (Å²) in [5, 5.41) is 2.18. The summed E-state index contributed by atoms with van der Waals surface area (Å²) in [7, 11) is 0. The van der Waals surface area contributed by atoms with Gasteiger partial charge in [-0.2, -0.15) is 0 Å². The number of nitrogens with zero attached hydrogens (tertiary/aromatic N) is 2. The highest BCUT2D eigenvalue weighted by atomic mass is 19.1. The molecule has 1 fully saturated rings. The van der Waals surface area contributed by atoms with Gasteiger partial charge in [-0.05, 0) is 80.4 Å². The zero-order chi connectivity index (χ0) is 22.3. The van der Waals surface area contributed by atoms with E-state index in [2.05, 4.69) is 5.32 Å². The van der Waals surface area contributed by atoms with E-state index in [1.165, 1.54) is 18.2 Å². The standard InChI is InChI=1S/C24H20FN3O3/c1-14-5-4-6-20(11-14)27-15(2)12-17(16(27)3)13-21-22(29)26-24(31)28(23(21)30)19-9-7-18(25)8-10-19/h4-13H,1-3H3,(H,26,29,31). The van der Waals surface area contributed by atoms with Gasteiger partial charge in [-0.1, -0.05) is 12.1 Å². The summed E-state index contributed by atoms with van der Waals surface area (Å²) in [6.45, 7) is 5.84. The third kappa shape index (κ3) is 3.66. The number of hydrogen-bond acceptors (Lipinski definition) is 3. The normalized spacial score (nSPS) is 15.5. The first-order valence-corrected chi connectivity index (χ1v) is 9.69. The topological polar surface area (TPSA) is 71.4 Å². The molecular weight excluding hydrogens is 397 g/mol. The minimum absolute atomic E-state index is 0.173. The van der Waals surface area contributed by atoms with Crippen molar-refractivity contribution in [3.05, 3.63) is 88.5 Å². The highest BCUT2D eigenvalue weighted by molar-refractivity contribution is 6.39. The first kappa shape index (κ1) is 20.3. The van der Waals surface area contributed by atoms with Gasteiger partial charge >= 0.3 is 6.03 Å². The molecule has 0 radical (unpaired) electrons. The zero-order valence-electron chi connectivity index (χ0n) is 17.3. The second-order valence-electron chi connectivity index (χ2n) is 7.44. The summed E-state index contributed by atoms with van der Waals surface area (Å²) in [6.07, 6.45) is 1.48. The fourth-order valence-electron chi connectivity index (χ4n) is 3.74. The van der Waals surface area contributed by atoms with Crippen molar-refractivity contribution in [2.45, 2.75) is 20.8 Å². The van der Waals surface area contributed by atoms with Gasteiger partial charge in [0.05, 0.1) is 5.69 Å². The zero-order valence-corrected chi connectivity index (χ0v) is 17.3. The number of aryl methyl sites for hydroxylation is 2. The quantitative estimate of drug-likeness (QED) is 0.513. The van der Waals surface area contributed by atoms with E-state index < -0.39 is 23.7 Å². The summed E-state index contributed by atoms with van der Waals surface area (Å²) in [4.78, 5) is 38.6. The Morgan fingerprint density at radius 3 is 2.29 bits per heavy atom. The smallest absolute Gasteiger partial charge is 0.318 e. The van der Waals surface area contributed by atoms with E-state index >= 15 is 0 Å². The number of rotatable bonds is 3. The molecule has 1 saturated heterocycles. The molecule has 7 heteroatoms. The van der Waals surface area contributed by atoms with E-state index in [0.29, 0.717) is 5.56 Å². The molecule has 1 N–H and O–H groups in total. The van der Waals surface area contributed by atoms with Gasteiger partial charge in [0.2, 0.25) is 0 Å². The second-order valence-corrected chi connectivity index (χ2v) is 7.44. The lowest BCUT2D eigenvalue weighted by Gasteiger charge is -2.26. The van der Waals surface area contributed by atoms with Crippen molar-refractivity contribution in [2.75, 3.05) is 4.90 Å². The number of amides is 4. The number of carbonyl (C=O) groups is 3. The van der Waals surface area contributed by atoms with Gasteiger partial charge in [0.15, 0.2) is 0 Å². The Bertz CT molecular complexity index is 1260. The summed E-state index contributed by atoms with van der Waals surface area (Å²) in [5.41, 5.74) is 4.56. The Kier molecular flexibility index (Phi) is 5.02. The number of halogens is 1. The molecule has 0 atom stereocenters. The molecule has 2 aromatic carbocycles. The number of urea groups is 1. The summed E-state index contributed by atoms with van der Waals surface area (Å²) in [6, 6.07) is 13.9. The van der Waals surface area contributed by atoms with Crippen LogP contribution >= 0.6 is 0 Å². The van der Waals surface area contributed by atoms with Crippen molar-refractivity contribution in [2.24, 2.45) is 0 Å². The number of hydrogen-bond donors (Lipinski definition) is 1. The van der Waals surface area contributed by atoms with Crippen molar-refractivity contribution in [3.8, 4) is 5.69 Å². The van der Waals surface area contributed by atoms with Crippen LogP contribution in [0.3, 0.4) is 0 Å². The van der Waals surface area contributed by atoms with Gasteiger partial charge in [-0.25, -0.2) is 14.1 Å². The third-order valence-corrected chi connectivity index (χ3v) is 5.22. The second kappa shape index (κ2) is 7.68. The maximum absolute atomic E-state index is 13.3. The number of barbiturate groups is 1. The van der Waals surface area contributed by atoms with E-state index in [4.69, 9.17) is 0 Å². The molecular formula is C24H20FN3O3. The van der Waals surface area contributed by atoms with Crippen molar-refractivity contribution < 1.29 is 18.8 Å². The molecule has 6 nitrogen and oxygen atoms in total. The lowest BCUT2D eigenvalue weighted by atomic mass is 10.1. The maximum atomic E-state index is 13.3. The largest absolute Gasteiger partial charge is 0.335 e. The predicted molar refractivity (Wildman–Crippen MR) is 115 cm³/mol. The van der Waals surface area contributed by atoms with Crippen molar-refractivity contribution >= 4 is 29.6 Å². The Labute approximate surface area is 178 Å². The lowest BCUT2D eigenvalue weighted by molar-refractivity contribution is -0.122. The van der Waals surface area contributed by atoms with Crippen LogP contribution in [0, 0.1) is 26.6 Å². The van der Waals surface area contributed by atoms with Gasteiger partial charge in [-0.3, -0.25) is 14.9 Å². The van der Waals surface area contributed by atoms with E-state index in [9.17, 15) is 18.8 Å². The van der Waals surface area contributed by atoms with Crippen molar-refractivity contribution in [3.63, 3.8) is 0 Å². The number of imide groups is 2. The molecule has 1 aliphatic rings. The molecule has 0 aliphatic carbocycles. The molecule has 0 unspecified atom stereocenters. The minimum Gasteiger partial charge on any atom is -0.318 e. The average molecular weight is 417 g/mol. The van der Waals surface area contributed by atoms with Crippen LogP contribution in [0.2, 0.25) is 0 Å². The molecule has 0 spiro atoms. The Balaban J connectivity index is 1.76. The number of aromatic nitrogens is 1. The van der Waals surface area contributed by atoms with Crippen LogP contribution in [-0.2, 0) is 9.59 Å². The van der Waals surface area contributed by atoms with Gasteiger partial charge in [0.1, 0.15) is 11.4 Å². The molecule has 0 bridgehead atoms. The number of anilines is 1. The van der Waals surface area contributed by atoms with Crippen LogP contribution in [0.4, 0.5) is 14.9 Å². The molecule has 156 valence electrons. The van der Waals surface area contributed by atoms with Crippen molar-refractivity contribution in [1.82, 2.24) is 9.88 Å². The van der Waals surface area contributed by atoms with Crippen LogP contribution < -0.4 is 10.2 Å². The Hall–Kier alpha value is -4.00. The highest BCUT2D eigenvalue weighted by Crippen LogP contribution is 2.26. The molecule has 0 saturated carbocycles. The van der Waals surface area contributed by atoms with Crippen molar-refractivity contribution in [1.29, 1.82) is 0 Å². The van der Waals surface area contributed by atoms with Crippen LogP contribution in [0.15, 0.2) is 60.2 Å². The summed E-state index contributed by atoms with van der Waals surface area (Å²) < 4.78 is 15.3. The van der Waals surface area contributed by atoms with E-state index in [0.717, 1.165) is 39.7 Å². The molecule has 2 heterocycles. The lowest BCUT2D eigenvalue weighted by Crippen LogP contribution is -2.54. The molecule has 4 amide bonds. The van der Waals surface area contributed by atoms with Crippen LogP contribution in [-0.4, -0.2) is 22.4 Å². The van der Waals surface area contributed by atoms with Crippen LogP contribution in [0.25, 0.3) is 11.8 Å². The third-order valence-electron chi connectivity index (χ3n) is 5.22. The highest BCUT2D eigenvalue weighted by Gasteiger charge is 2.37. The first-order valence-electron chi connectivity index (χ1n) is 9.69. The van der Waals surface area contributed by atoms with E-state index in [1.807, 2.05) is 55.7 Å². The summed E-state index contributed by atoms with van der Waals surface area (Å²) in [5.74, 6) is -2.03. The SMILES string of the molecule is Cc1cccc(-n2c(C)cc(C=C3C(=O)NC(=O)N(c4ccc(F)cc4)C3=O)c2C)c1. The molecule has 4 rings (SSSR count). The predicted octanol–water partition coefficient (Wildman–Crippen LogP) is 4.21. The average Bonchev–Trinajstić information content (AvgIpc) is 2.99. The molecule has 1 aliphatic heterocycles. The first-order chi connectivity index (χ1) is 14.8. The molecule has 31 heavy (non-hydrogen) atoms. The summed E-state index contributed by atoms with van der Waals surface area (Å²) >= 11 is 0. The Morgan fingerprint density at radius 1 is 0.903 bits per heavy atom. The van der Waals surface area contributed by atoms with E-state index in [-0.39, 0.29) is 11.3 Å². The number of carbonyl (C=O) groups excluding carboxylic acids is 3. The van der Waals surface area contributed by atoms with Gasteiger partial charge in [0.25, 0.3) is 11.8 Å². The van der Waals surface area contributed by atoms with Gasteiger partial charge < -0.3 is 4.57 Å². The van der Waals surface area contributed by atoms with Gasteiger partial charge in [0, 0.05) is 17.1 Å². The maximum Gasteiger partial charge on any atom is 0.335 e. The van der Waals surface area contributed by atoms with Gasteiger partial charge in [-0.15, -0.1) is 0 Å². The fraction of sp³-hybridized carbons (Fsp3) is 0.125. The fourth-order valence-corrected chi connectivity index (χ4v) is 3.74. The van der Waals surface area contributed by atoms with Crippen LogP contribution in [0.5, 0.6) is 0 Å². The molecule has 3 aromatic rings. The Morgan fingerprint density at radius 2 is 1.61 bits per heavy atom. The number of benzene rings is 2.